The Bertz CT molecular complexity index is 1330. The summed E-state index contributed by atoms with van der Waals surface area (Å²) in [6.07, 6.45) is 6.04. The number of Topliss-reactive ketones (excluding diaryl/α,β-unsaturated/α-hetero) is 1. The Hall–Kier alpha value is -2.77. The first-order valence-electron chi connectivity index (χ1n) is 17.1. The third-order valence-corrected chi connectivity index (χ3v) is 12.6. The zero-order valence-corrected chi connectivity index (χ0v) is 29.5. The summed E-state index contributed by atoms with van der Waals surface area (Å²) in [7, 11) is 0. The molecule has 0 aromatic rings. The number of ketones is 2. The van der Waals surface area contributed by atoms with Crippen LogP contribution in [0.15, 0.2) is 11.6 Å². The molecule has 0 saturated heterocycles. The minimum atomic E-state index is -1.79. The second-order valence-corrected chi connectivity index (χ2v) is 16.0. The molecule has 2 amide bonds. The Kier molecular flexibility index (Phi) is 11.9. The molecule has 4 aliphatic rings. The minimum Gasteiger partial charge on any atom is -0.480 e. The van der Waals surface area contributed by atoms with Gasteiger partial charge >= 0.3 is 11.9 Å². The molecule has 5 N–H and O–H groups in total. The van der Waals surface area contributed by atoms with Crippen LogP contribution in [0.2, 0.25) is 0 Å². The van der Waals surface area contributed by atoms with Crippen molar-refractivity contribution in [3.05, 3.63) is 11.6 Å². The molecule has 0 heterocycles. The molecule has 3 saturated carbocycles. The Morgan fingerprint density at radius 2 is 1.77 bits per heavy atom. The first-order valence-corrected chi connectivity index (χ1v) is 18.5. The Balaban J connectivity index is 1.31. The summed E-state index contributed by atoms with van der Waals surface area (Å²) < 4.78 is 5.23. The molecule has 4 aliphatic carbocycles. The molecule has 268 valence electrons. The summed E-state index contributed by atoms with van der Waals surface area (Å²) in [6, 6.07) is -2.11. The average Bonchev–Trinajstić information content (AvgIpc) is 3.29. The Morgan fingerprint density at radius 3 is 2.42 bits per heavy atom. The smallest absolute Gasteiger partial charge is 0.326 e. The topological polar surface area (TPSA) is 196 Å². The highest BCUT2D eigenvalue weighted by atomic mass is 32.2. The highest BCUT2D eigenvalue weighted by Gasteiger charge is 2.68. The number of aliphatic hydroxyl groups is 2. The van der Waals surface area contributed by atoms with Gasteiger partial charge in [-0.1, -0.05) is 33.3 Å². The monoisotopic (exact) mass is 692 g/mol. The molecule has 3 fully saturated rings. The Labute approximate surface area is 286 Å². The van der Waals surface area contributed by atoms with Crippen molar-refractivity contribution in [2.24, 2.45) is 34.5 Å². The molecule has 0 aromatic carbocycles. The van der Waals surface area contributed by atoms with Gasteiger partial charge in [-0.15, -0.1) is 0 Å². The van der Waals surface area contributed by atoms with Crippen LogP contribution in [0.1, 0.15) is 91.9 Å². The van der Waals surface area contributed by atoms with Crippen molar-refractivity contribution < 1.29 is 48.8 Å². The van der Waals surface area contributed by atoms with Gasteiger partial charge in [-0.05, 0) is 92.1 Å². The summed E-state index contributed by atoms with van der Waals surface area (Å²) in [4.78, 5) is 75.3. The van der Waals surface area contributed by atoms with E-state index in [0.717, 1.165) is 18.4 Å². The van der Waals surface area contributed by atoms with E-state index in [-0.39, 0.29) is 67.0 Å². The van der Waals surface area contributed by atoms with E-state index in [1.54, 1.807) is 19.9 Å². The largest absolute Gasteiger partial charge is 0.480 e. The fraction of sp³-hybridized carbons (Fsp3) is 0.771. The van der Waals surface area contributed by atoms with E-state index >= 15 is 0 Å². The van der Waals surface area contributed by atoms with Crippen LogP contribution in [0.4, 0.5) is 0 Å². The van der Waals surface area contributed by atoms with Crippen LogP contribution in [0.5, 0.6) is 0 Å². The number of amides is 2. The van der Waals surface area contributed by atoms with Gasteiger partial charge in [0.15, 0.2) is 12.4 Å². The highest BCUT2D eigenvalue weighted by Crippen LogP contribution is 2.67. The maximum atomic E-state index is 13.5. The number of nitrogens with one attached hydrogen (secondary N) is 2. The van der Waals surface area contributed by atoms with Crippen LogP contribution in [0.3, 0.4) is 0 Å². The van der Waals surface area contributed by atoms with Crippen LogP contribution in [-0.4, -0.2) is 93.0 Å². The maximum Gasteiger partial charge on any atom is 0.326 e. The number of carbonyl (C=O) groups excluding carboxylic acids is 5. The van der Waals surface area contributed by atoms with Gasteiger partial charge in [0.25, 0.3) is 0 Å². The second kappa shape index (κ2) is 15.0. The van der Waals surface area contributed by atoms with Gasteiger partial charge in [0.2, 0.25) is 17.6 Å². The molecule has 48 heavy (non-hydrogen) atoms. The normalized spacial score (nSPS) is 33.8. The molecular formula is C35H52N2O10S. The number of carboxylic acid groups (broad SMARTS) is 1. The minimum absolute atomic E-state index is 0.0161. The molecule has 0 bridgehead atoms. The first kappa shape index (κ1) is 38.0. The van der Waals surface area contributed by atoms with Crippen LogP contribution >= 0.6 is 11.8 Å². The summed E-state index contributed by atoms with van der Waals surface area (Å²) >= 11 is 1.45. The number of fused-ring (bicyclic) bond motifs is 5. The van der Waals surface area contributed by atoms with Crippen LogP contribution in [0, 0.1) is 34.5 Å². The zero-order valence-electron chi connectivity index (χ0n) is 28.7. The van der Waals surface area contributed by atoms with Gasteiger partial charge in [-0.2, -0.15) is 11.8 Å². The van der Waals surface area contributed by atoms with Gasteiger partial charge < -0.3 is 30.7 Å². The fourth-order valence-electron chi connectivity index (χ4n) is 9.24. The molecule has 0 aromatic heterocycles. The number of carboxylic acids is 1. The Morgan fingerprint density at radius 1 is 1.06 bits per heavy atom. The van der Waals surface area contributed by atoms with Crippen molar-refractivity contribution in [1.29, 1.82) is 0 Å². The zero-order chi connectivity index (χ0) is 35.6. The summed E-state index contributed by atoms with van der Waals surface area (Å²) in [5.74, 6) is -3.56. The number of aliphatic hydroxyl groups excluding tert-OH is 1. The van der Waals surface area contributed by atoms with Crippen LogP contribution in [0.25, 0.3) is 0 Å². The van der Waals surface area contributed by atoms with E-state index < -0.39 is 65.3 Å². The lowest BCUT2D eigenvalue weighted by molar-refractivity contribution is -0.184. The molecule has 0 aliphatic heterocycles. The SMILES string of the molecule is CSCC[C@H](NC(=O)[C@@H](NC(=O)CCC(=O)OCC(=O)[C@@]1(O)CC[C@H]2[C@@H]3CCC4=CC(=O)CC[C@]4(C)[C@H]3[C@H](O)C[C@@]21C)C(C)C)C(=O)O. The number of allylic oxidation sites excluding steroid dienone is 1. The summed E-state index contributed by atoms with van der Waals surface area (Å²) in [5, 5.41) is 37.9. The number of thioether (sulfide) groups is 1. The van der Waals surface area contributed by atoms with E-state index in [0.29, 0.717) is 25.0 Å². The lowest BCUT2D eigenvalue weighted by Gasteiger charge is -2.60. The van der Waals surface area contributed by atoms with Crippen molar-refractivity contribution in [2.45, 2.75) is 116 Å². The molecular weight excluding hydrogens is 640 g/mol. The van der Waals surface area contributed by atoms with Gasteiger partial charge in [-0.25, -0.2) is 4.79 Å². The third kappa shape index (κ3) is 7.38. The molecule has 0 spiro atoms. The summed E-state index contributed by atoms with van der Waals surface area (Å²) in [5.41, 5.74) is -1.90. The number of aliphatic carboxylic acids is 1. The number of rotatable bonds is 14. The number of hydrogen-bond acceptors (Lipinski definition) is 10. The molecule has 9 atom stereocenters. The molecule has 12 nitrogen and oxygen atoms in total. The third-order valence-electron chi connectivity index (χ3n) is 11.9. The summed E-state index contributed by atoms with van der Waals surface area (Å²) in [6.45, 7) is 6.73. The molecule has 0 unspecified atom stereocenters. The second-order valence-electron chi connectivity index (χ2n) is 15.0. The van der Waals surface area contributed by atoms with Gasteiger partial charge in [0, 0.05) is 18.3 Å². The highest BCUT2D eigenvalue weighted by molar-refractivity contribution is 7.98. The molecule has 0 radical (unpaired) electrons. The van der Waals surface area contributed by atoms with E-state index in [1.807, 2.05) is 13.2 Å². The quantitative estimate of drug-likeness (QED) is 0.168. The van der Waals surface area contributed by atoms with Crippen molar-refractivity contribution in [3.63, 3.8) is 0 Å². The van der Waals surface area contributed by atoms with Gasteiger partial charge in [0.1, 0.15) is 17.7 Å². The van der Waals surface area contributed by atoms with Gasteiger partial charge in [-0.3, -0.25) is 24.0 Å². The fourth-order valence-corrected chi connectivity index (χ4v) is 9.71. The number of carbonyl (C=O) groups is 6. The van der Waals surface area contributed by atoms with Crippen molar-refractivity contribution in [1.82, 2.24) is 10.6 Å². The maximum absolute atomic E-state index is 13.5. The van der Waals surface area contributed by atoms with Crippen molar-refractivity contribution in [3.8, 4) is 0 Å². The van der Waals surface area contributed by atoms with Crippen LogP contribution in [-0.2, 0) is 33.5 Å². The standard InChI is InChI=1S/C35H52N2O10S/c1-19(2)30(31(43)36-24(32(44)45)12-15-48-5)37-27(41)8-9-28(42)47-18-26(40)35(46)14-11-23-22-7-6-20-16-21(38)10-13-33(20,3)29(22)25(39)17-34(23,35)4/h16,19,22-25,29-30,39,46H,6-15,17-18H2,1-5H3,(H,36,43)(H,37,41)(H,44,45)/t22-,23-,24-,25+,29+,30-,33-,34-,35-/m0/s1. The molecule has 4 rings (SSSR count). The number of ether oxygens (including phenoxy) is 1. The van der Waals surface area contributed by atoms with E-state index in [9.17, 15) is 44.1 Å². The molecule has 13 heteroatoms. The predicted molar refractivity (Wildman–Crippen MR) is 178 cm³/mol. The van der Waals surface area contributed by atoms with E-state index in [2.05, 4.69) is 17.6 Å². The first-order chi connectivity index (χ1) is 22.5. The van der Waals surface area contributed by atoms with Gasteiger partial charge in [0.05, 0.1) is 12.5 Å². The van der Waals surface area contributed by atoms with E-state index in [4.69, 9.17) is 4.74 Å². The van der Waals surface area contributed by atoms with Crippen molar-refractivity contribution in [2.75, 3.05) is 18.6 Å². The average molecular weight is 693 g/mol. The number of hydrogen-bond donors (Lipinski definition) is 5. The van der Waals surface area contributed by atoms with Crippen LogP contribution < -0.4 is 10.6 Å². The lowest BCUT2D eigenvalue weighted by atomic mass is 9.45. The number of esters is 1. The predicted octanol–water partition coefficient (Wildman–Crippen LogP) is 2.58. The van der Waals surface area contributed by atoms with Crippen molar-refractivity contribution >= 4 is 47.1 Å². The van der Waals surface area contributed by atoms with E-state index in [1.165, 1.54) is 11.8 Å². The lowest BCUT2D eigenvalue weighted by Crippen LogP contribution is -2.62.